The van der Waals surface area contributed by atoms with Crippen molar-refractivity contribution in [1.82, 2.24) is 15.1 Å². The summed E-state index contributed by atoms with van der Waals surface area (Å²) in [6.07, 6.45) is 3.23. The smallest absolute Gasteiger partial charge is 0.231 e. The summed E-state index contributed by atoms with van der Waals surface area (Å²) < 4.78 is 5.25. The van der Waals surface area contributed by atoms with Crippen LogP contribution in [-0.2, 0) is 6.42 Å². The van der Waals surface area contributed by atoms with E-state index in [9.17, 15) is 0 Å². The first kappa shape index (κ1) is 12.7. The fourth-order valence-corrected chi connectivity index (χ4v) is 1.73. The average molecular weight is 246 g/mol. The molecule has 0 amide bonds. The van der Waals surface area contributed by atoms with Crippen molar-refractivity contribution in [3.05, 3.63) is 41.8 Å². The fraction of sp³-hybridized carbons (Fsp3) is 0.462. The highest BCUT2D eigenvalue weighted by Gasteiger charge is 2.19. The molecule has 18 heavy (non-hydrogen) atoms. The van der Waals surface area contributed by atoms with Crippen molar-refractivity contribution in [3.8, 4) is 0 Å². The lowest BCUT2D eigenvalue weighted by molar-refractivity contribution is 0.337. The molecule has 0 aliphatic rings. The third-order valence-electron chi connectivity index (χ3n) is 3.05. The Morgan fingerprint density at radius 2 is 2.22 bits per heavy atom. The Balaban J connectivity index is 2.07. The van der Waals surface area contributed by atoms with E-state index in [0.717, 1.165) is 12.1 Å². The van der Waals surface area contributed by atoms with Gasteiger partial charge in [-0.3, -0.25) is 4.98 Å². The van der Waals surface area contributed by atoms with Gasteiger partial charge in [-0.1, -0.05) is 25.1 Å². The fourth-order valence-electron chi connectivity index (χ4n) is 1.73. The second kappa shape index (κ2) is 5.73. The number of nitrogens with two attached hydrogens (primary N) is 1. The van der Waals surface area contributed by atoms with Gasteiger partial charge in [0.05, 0.1) is 12.3 Å². The van der Waals surface area contributed by atoms with Gasteiger partial charge in [-0.2, -0.15) is 4.98 Å². The van der Waals surface area contributed by atoms with Crippen molar-refractivity contribution in [2.75, 3.05) is 0 Å². The number of pyridine rings is 1. The van der Waals surface area contributed by atoms with Crippen molar-refractivity contribution in [3.63, 3.8) is 0 Å². The van der Waals surface area contributed by atoms with E-state index in [1.54, 1.807) is 6.20 Å². The van der Waals surface area contributed by atoms with Crippen LogP contribution in [0.25, 0.3) is 0 Å². The van der Waals surface area contributed by atoms with E-state index in [2.05, 4.69) is 15.1 Å². The van der Waals surface area contributed by atoms with Gasteiger partial charge in [0.1, 0.15) is 0 Å². The number of hydrogen-bond donors (Lipinski definition) is 1. The van der Waals surface area contributed by atoms with Crippen LogP contribution in [0, 0.1) is 0 Å². The monoisotopic (exact) mass is 246 g/mol. The molecule has 0 aliphatic carbocycles. The van der Waals surface area contributed by atoms with Gasteiger partial charge in [0.25, 0.3) is 0 Å². The highest BCUT2D eigenvalue weighted by molar-refractivity contribution is 5.09. The number of nitrogens with zero attached hydrogens (tertiary/aromatic N) is 3. The zero-order chi connectivity index (χ0) is 13.0. The molecular weight excluding hydrogens is 228 g/mol. The van der Waals surface area contributed by atoms with Crippen molar-refractivity contribution in [1.29, 1.82) is 0 Å². The van der Waals surface area contributed by atoms with Crippen LogP contribution in [0.4, 0.5) is 0 Å². The summed E-state index contributed by atoms with van der Waals surface area (Å²) in [5.74, 6) is 1.34. The summed E-state index contributed by atoms with van der Waals surface area (Å²) in [6.45, 7) is 4.05. The Bertz CT molecular complexity index is 483. The van der Waals surface area contributed by atoms with Gasteiger partial charge >= 0.3 is 0 Å². The van der Waals surface area contributed by atoms with Crippen LogP contribution in [0.1, 0.15) is 43.6 Å². The molecule has 0 aliphatic heterocycles. The SMILES string of the molecule is CCC(N)C(C)c1nc(Cc2ccccn2)no1. The van der Waals surface area contributed by atoms with Gasteiger partial charge < -0.3 is 10.3 Å². The van der Waals surface area contributed by atoms with Crippen LogP contribution in [0.2, 0.25) is 0 Å². The molecule has 0 bridgehead atoms. The van der Waals surface area contributed by atoms with Gasteiger partial charge in [0, 0.05) is 17.9 Å². The zero-order valence-corrected chi connectivity index (χ0v) is 10.7. The molecule has 0 spiro atoms. The minimum atomic E-state index is 0.0492. The molecule has 2 rings (SSSR count). The van der Waals surface area contributed by atoms with Crippen molar-refractivity contribution < 1.29 is 4.52 Å². The van der Waals surface area contributed by atoms with E-state index >= 15 is 0 Å². The first-order valence-corrected chi connectivity index (χ1v) is 6.18. The molecule has 96 valence electrons. The zero-order valence-electron chi connectivity index (χ0n) is 10.7. The number of aromatic nitrogens is 3. The molecule has 0 saturated heterocycles. The largest absolute Gasteiger partial charge is 0.339 e. The van der Waals surface area contributed by atoms with E-state index in [1.807, 2.05) is 32.0 Å². The predicted molar refractivity (Wildman–Crippen MR) is 68.0 cm³/mol. The van der Waals surface area contributed by atoms with Gasteiger partial charge in [-0.05, 0) is 18.6 Å². The van der Waals surface area contributed by atoms with E-state index in [-0.39, 0.29) is 12.0 Å². The molecule has 2 heterocycles. The maximum Gasteiger partial charge on any atom is 0.231 e. The normalized spacial score (nSPS) is 14.4. The number of rotatable bonds is 5. The molecule has 2 unspecified atom stereocenters. The second-order valence-electron chi connectivity index (χ2n) is 4.41. The summed E-state index contributed by atoms with van der Waals surface area (Å²) in [6, 6.07) is 5.82. The van der Waals surface area contributed by atoms with Crippen molar-refractivity contribution in [2.24, 2.45) is 5.73 Å². The molecule has 2 N–H and O–H groups in total. The van der Waals surface area contributed by atoms with Crippen LogP contribution in [-0.4, -0.2) is 21.2 Å². The predicted octanol–water partition coefficient (Wildman–Crippen LogP) is 1.90. The Morgan fingerprint density at radius 1 is 1.39 bits per heavy atom. The van der Waals surface area contributed by atoms with Crippen molar-refractivity contribution >= 4 is 0 Å². The Hall–Kier alpha value is -1.75. The lowest BCUT2D eigenvalue weighted by Crippen LogP contribution is -2.25. The van der Waals surface area contributed by atoms with Gasteiger partial charge in [-0.25, -0.2) is 0 Å². The van der Waals surface area contributed by atoms with E-state index in [1.165, 1.54) is 0 Å². The molecule has 0 saturated carbocycles. The average Bonchev–Trinajstić information content (AvgIpc) is 2.86. The summed E-state index contributed by atoms with van der Waals surface area (Å²) in [4.78, 5) is 8.61. The van der Waals surface area contributed by atoms with Gasteiger partial charge in [-0.15, -0.1) is 0 Å². The van der Waals surface area contributed by atoms with Crippen LogP contribution in [0.3, 0.4) is 0 Å². The highest BCUT2D eigenvalue weighted by Crippen LogP contribution is 2.18. The minimum Gasteiger partial charge on any atom is -0.339 e. The third-order valence-corrected chi connectivity index (χ3v) is 3.05. The standard InChI is InChI=1S/C13H18N4O/c1-3-11(14)9(2)13-16-12(17-18-13)8-10-6-4-5-7-15-10/h4-7,9,11H,3,8,14H2,1-2H3. The Labute approximate surface area is 106 Å². The second-order valence-corrected chi connectivity index (χ2v) is 4.41. The molecule has 0 aromatic carbocycles. The summed E-state index contributed by atoms with van der Waals surface area (Å²) in [5.41, 5.74) is 6.90. The van der Waals surface area contributed by atoms with E-state index in [4.69, 9.17) is 10.3 Å². The summed E-state index contributed by atoms with van der Waals surface area (Å²) >= 11 is 0. The molecule has 2 aromatic rings. The topological polar surface area (TPSA) is 77.8 Å². The van der Waals surface area contributed by atoms with Crippen LogP contribution in [0.5, 0.6) is 0 Å². The molecule has 5 heteroatoms. The lowest BCUT2D eigenvalue weighted by atomic mass is 10.0. The first-order valence-electron chi connectivity index (χ1n) is 6.18. The van der Waals surface area contributed by atoms with Crippen LogP contribution in [0.15, 0.2) is 28.9 Å². The first-order chi connectivity index (χ1) is 8.70. The minimum absolute atomic E-state index is 0.0492. The van der Waals surface area contributed by atoms with Gasteiger partial charge in [0.15, 0.2) is 5.82 Å². The van der Waals surface area contributed by atoms with E-state index < -0.39 is 0 Å². The molecular formula is C13H18N4O. The quantitative estimate of drug-likeness (QED) is 0.871. The van der Waals surface area contributed by atoms with Gasteiger partial charge in [0.2, 0.25) is 5.89 Å². The molecule has 5 nitrogen and oxygen atoms in total. The lowest BCUT2D eigenvalue weighted by Gasteiger charge is -2.13. The summed E-state index contributed by atoms with van der Waals surface area (Å²) in [5, 5.41) is 3.97. The molecule has 2 atom stereocenters. The number of hydrogen-bond acceptors (Lipinski definition) is 5. The molecule has 0 fully saturated rings. The van der Waals surface area contributed by atoms with Crippen LogP contribution < -0.4 is 5.73 Å². The maximum absolute atomic E-state index is 5.97. The molecule has 0 radical (unpaired) electrons. The third kappa shape index (κ3) is 2.92. The summed E-state index contributed by atoms with van der Waals surface area (Å²) in [7, 11) is 0. The molecule has 2 aromatic heterocycles. The Morgan fingerprint density at radius 3 is 2.89 bits per heavy atom. The van der Waals surface area contributed by atoms with Crippen LogP contribution >= 0.6 is 0 Å². The Kier molecular flexibility index (Phi) is 4.04. The highest BCUT2D eigenvalue weighted by atomic mass is 16.5. The van der Waals surface area contributed by atoms with E-state index in [0.29, 0.717) is 18.1 Å². The maximum atomic E-state index is 5.97. The van der Waals surface area contributed by atoms with Crippen molar-refractivity contribution in [2.45, 2.75) is 38.6 Å².